The van der Waals surface area contributed by atoms with E-state index in [2.05, 4.69) is 24.2 Å². The van der Waals surface area contributed by atoms with Gasteiger partial charge >= 0.3 is 0 Å². The highest BCUT2D eigenvalue weighted by Crippen LogP contribution is 2.11. The van der Waals surface area contributed by atoms with Gasteiger partial charge in [-0.15, -0.1) is 0 Å². The topological polar surface area (TPSA) is 29.9 Å². The number of ether oxygens (including phenoxy) is 1. The van der Waals surface area contributed by atoms with Gasteiger partial charge in [-0.05, 0) is 25.1 Å². The van der Waals surface area contributed by atoms with Crippen LogP contribution in [-0.2, 0) is 11.3 Å². The number of aromatic nitrogens is 2. The lowest BCUT2D eigenvalue weighted by atomic mass is 10.2. The molecule has 0 bridgehead atoms. The summed E-state index contributed by atoms with van der Waals surface area (Å²) in [5.74, 6) is 0. The average molecular weight is 234 g/mol. The Kier molecular flexibility index (Phi) is 3.22. The van der Waals surface area contributed by atoms with Gasteiger partial charge in [0.25, 0.3) is 0 Å². The fraction of sp³-hybridized carbons (Fsp3) is 0.250. The second kappa shape index (κ2) is 4.63. The molecule has 0 unspecified atom stereocenters. The molecule has 1 aromatic carbocycles. The largest absolute Gasteiger partial charge is 0.378 e. The number of methoxy groups -OCH3 is 1. The molecule has 0 aliphatic rings. The number of benzene rings is 1. The van der Waals surface area contributed by atoms with Gasteiger partial charge in [0.15, 0.2) is 0 Å². The molecule has 0 aliphatic carbocycles. The van der Waals surface area contributed by atoms with E-state index in [1.807, 2.05) is 22.9 Å². The molecule has 0 atom stereocenters. The smallest absolute Gasteiger partial charge is 0.128 e. The highest BCUT2D eigenvalue weighted by atomic mass is 32.1. The Morgan fingerprint density at radius 3 is 2.62 bits per heavy atom. The van der Waals surface area contributed by atoms with Crippen molar-refractivity contribution in [2.75, 3.05) is 7.11 Å². The summed E-state index contributed by atoms with van der Waals surface area (Å²) in [6, 6.07) is 10.1. The van der Waals surface area contributed by atoms with E-state index in [1.165, 1.54) is 5.56 Å². The molecular formula is C12H14N2OS. The molecule has 1 heterocycles. The predicted molar refractivity (Wildman–Crippen MR) is 66.4 cm³/mol. The number of hydrogen-bond donors (Lipinski definition) is 1. The van der Waals surface area contributed by atoms with Crippen molar-refractivity contribution >= 4 is 12.2 Å². The van der Waals surface area contributed by atoms with Crippen molar-refractivity contribution in [3.63, 3.8) is 0 Å². The lowest BCUT2D eigenvalue weighted by Gasteiger charge is -2.03. The fourth-order valence-electron chi connectivity index (χ4n) is 1.56. The van der Waals surface area contributed by atoms with Gasteiger partial charge in [0.05, 0.1) is 18.0 Å². The van der Waals surface area contributed by atoms with Crippen LogP contribution in [0.5, 0.6) is 0 Å². The maximum atomic E-state index is 5.28. The first-order valence-corrected chi connectivity index (χ1v) is 5.48. The third kappa shape index (κ3) is 2.23. The van der Waals surface area contributed by atoms with E-state index < -0.39 is 0 Å². The molecule has 0 aliphatic heterocycles. The molecule has 4 heteroatoms. The molecule has 0 saturated heterocycles. The molecule has 0 spiro atoms. The summed E-state index contributed by atoms with van der Waals surface area (Å²) in [5, 5.41) is 3.21. The van der Waals surface area contributed by atoms with Crippen LogP contribution in [0, 0.1) is 11.6 Å². The van der Waals surface area contributed by atoms with E-state index in [4.69, 9.17) is 17.0 Å². The van der Waals surface area contributed by atoms with Crippen LogP contribution in [0.3, 0.4) is 0 Å². The molecule has 1 aromatic heterocycles. The number of H-pyrrole nitrogens is 1. The zero-order valence-corrected chi connectivity index (χ0v) is 10.2. The second-order valence-corrected chi connectivity index (χ2v) is 4.14. The summed E-state index contributed by atoms with van der Waals surface area (Å²) < 4.78 is 7.70. The van der Waals surface area contributed by atoms with Crippen LogP contribution >= 0.6 is 12.2 Å². The van der Waals surface area contributed by atoms with Gasteiger partial charge in [0, 0.05) is 7.11 Å². The maximum Gasteiger partial charge on any atom is 0.128 e. The molecular weight excluding hydrogens is 220 g/mol. The Balaban J connectivity index is 2.40. The van der Waals surface area contributed by atoms with Crippen LogP contribution in [-0.4, -0.2) is 16.9 Å². The Labute approximate surface area is 99.7 Å². The molecule has 0 fully saturated rings. The molecule has 3 nitrogen and oxygen atoms in total. The number of aryl methyl sites for hydroxylation is 1. The van der Waals surface area contributed by atoms with E-state index in [9.17, 15) is 0 Å². The van der Waals surface area contributed by atoms with Crippen LogP contribution < -0.4 is 0 Å². The first-order valence-electron chi connectivity index (χ1n) is 5.07. The first-order chi connectivity index (χ1) is 7.70. The lowest BCUT2D eigenvalue weighted by molar-refractivity contribution is 0.181. The quantitative estimate of drug-likeness (QED) is 0.827. The summed E-state index contributed by atoms with van der Waals surface area (Å²) in [4.78, 5) is 0. The van der Waals surface area contributed by atoms with Crippen molar-refractivity contribution in [2.45, 2.75) is 13.5 Å². The number of nitrogens with zero attached hydrogens (tertiary/aromatic N) is 1. The normalized spacial score (nSPS) is 10.6. The van der Waals surface area contributed by atoms with Crippen molar-refractivity contribution in [1.29, 1.82) is 0 Å². The minimum Gasteiger partial charge on any atom is -0.378 e. The standard InChI is InChI=1S/C12H14N2OS/c1-9-3-5-11(6-4-9)14-12(16)7-10(13-14)8-15-2/h3-7,13H,8H2,1-2H3. The Morgan fingerprint density at radius 2 is 2.00 bits per heavy atom. The molecule has 0 amide bonds. The summed E-state index contributed by atoms with van der Waals surface area (Å²) in [5.41, 5.74) is 3.25. The van der Waals surface area contributed by atoms with Crippen LogP contribution in [0.25, 0.3) is 5.69 Å². The zero-order chi connectivity index (χ0) is 11.5. The van der Waals surface area contributed by atoms with Gasteiger partial charge in [0.2, 0.25) is 0 Å². The van der Waals surface area contributed by atoms with Crippen molar-refractivity contribution in [3.8, 4) is 5.69 Å². The van der Waals surface area contributed by atoms with Crippen LogP contribution in [0.1, 0.15) is 11.3 Å². The van der Waals surface area contributed by atoms with Gasteiger partial charge in [-0.25, -0.2) is 4.68 Å². The third-order valence-electron chi connectivity index (χ3n) is 2.37. The molecule has 0 saturated carbocycles. The van der Waals surface area contributed by atoms with Crippen molar-refractivity contribution < 1.29 is 4.74 Å². The summed E-state index contributed by atoms with van der Waals surface area (Å²) >= 11 is 5.28. The number of aromatic amines is 1. The SMILES string of the molecule is COCc1cc(=S)n(-c2ccc(C)cc2)[nH]1. The molecule has 2 aromatic rings. The van der Waals surface area contributed by atoms with E-state index in [0.717, 1.165) is 16.0 Å². The lowest BCUT2D eigenvalue weighted by Crippen LogP contribution is -1.97. The van der Waals surface area contributed by atoms with Gasteiger partial charge in [-0.3, -0.25) is 5.10 Å². The van der Waals surface area contributed by atoms with E-state index >= 15 is 0 Å². The number of rotatable bonds is 3. The summed E-state index contributed by atoms with van der Waals surface area (Å²) in [6.45, 7) is 2.61. The first kappa shape index (κ1) is 11.1. The minimum atomic E-state index is 0.544. The van der Waals surface area contributed by atoms with Gasteiger partial charge < -0.3 is 4.74 Å². The average Bonchev–Trinajstić information content (AvgIpc) is 2.61. The highest BCUT2D eigenvalue weighted by Gasteiger charge is 2.01. The molecule has 1 N–H and O–H groups in total. The molecule has 16 heavy (non-hydrogen) atoms. The molecule has 0 radical (unpaired) electrons. The maximum absolute atomic E-state index is 5.28. The Morgan fingerprint density at radius 1 is 1.31 bits per heavy atom. The third-order valence-corrected chi connectivity index (χ3v) is 2.67. The monoisotopic (exact) mass is 234 g/mol. The zero-order valence-electron chi connectivity index (χ0n) is 9.36. The number of hydrogen-bond acceptors (Lipinski definition) is 2. The van der Waals surface area contributed by atoms with Crippen LogP contribution in [0.2, 0.25) is 0 Å². The van der Waals surface area contributed by atoms with Crippen molar-refractivity contribution in [1.82, 2.24) is 9.78 Å². The van der Waals surface area contributed by atoms with Gasteiger partial charge in [0.1, 0.15) is 4.64 Å². The predicted octanol–water partition coefficient (Wildman–Crippen LogP) is 2.99. The highest BCUT2D eigenvalue weighted by molar-refractivity contribution is 7.71. The van der Waals surface area contributed by atoms with Crippen molar-refractivity contribution in [2.24, 2.45) is 0 Å². The molecule has 2 rings (SSSR count). The van der Waals surface area contributed by atoms with E-state index in [0.29, 0.717) is 6.61 Å². The van der Waals surface area contributed by atoms with E-state index in [1.54, 1.807) is 7.11 Å². The summed E-state index contributed by atoms with van der Waals surface area (Å²) in [6.07, 6.45) is 0. The summed E-state index contributed by atoms with van der Waals surface area (Å²) in [7, 11) is 1.67. The van der Waals surface area contributed by atoms with E-state index in [-0.39, 0.29) is 0 Å². The Hall–Kier alpha value is -1.39. The number of nitrogens with one attached hydrogen (secondary N) is 1. The van der Waals surface area contributed by atoms with Crippen LogP contribution in [0.15, 0.2) is 30.3 Å². The Bertz CT molecular complexity index is 525. The van der Waals surface area contributed by atoms with Crippen LogP contribution in [0.4, 0.5) is 0 Å². The second-order valence-electron chi connectivity index (χ2n) is 3.72. The van der Waals surface area contributed by atoms with Gasteiger partial charge in [-0.1, -0.05) is 29.9 Å². The minimum absolute atomic E-state index is 0.544. The molecule has 84 valence electrons. The fourth-order valence-corrected chi connectivity index (χ4v) is 1.85. The van der Waals surface area contributed by atoms with Crippen molar-refractivity contribution in [3.05, 3.63) is 46.2 Å². The van der Waals surface area contributed by atoms with Gasteiger partial charge in [-0.2, -0.15) is 0 Å².